The number of rotatable bonds is 4. The topological polar surface area (TPSA) is 115 Å². The molecular weight excluding hydrogens is 487 g/mol. The lowest BCUT2D eigenvalue weighted by molar-refractivity contribution is 0.0741. The van der Waals surface area contributed by atoms with Crippen LogP contribution in [-0.2, 0) is 0 Å². The van der Waals surface area contributed by atoms with Gasteiger partial charge in [-0.25, -0.2) is 14.5 Å². The first-order valence-electron chi connectivity index (χ1n) is 11.8. The molecule has 1 aliphatic rings. The van der Waals surface area contributed by atoms with Gasteiger partial charge >= 0.3 is 0 Å². The van der Waals surface area contributed by atoms with Crippen LogP contribution >= 0.6 is 0 Å². The molecule has 0 spiro atoms. The third kappa shape index (κ3) is 4.88. The number of halogens is 1. The summed E-state index contributed by atoms with van der Waals surface area (Å²) in [6, 6.07) is 14.5. The van der Waals surface area contributed by atoms with Crippen LogP contribution in [0.25, 0.3) is 10.8 Å². The van der Waals surface area contributed by atoms with E-state index in [1.165, 1.54) is 24.4 Å². The van der Waals surface area contributed by atoms with E-state index in [0.29, 0.717) is 53.9 Å². The van der Waals surface area contributed by atoms with Crippen LogP contribution in [0.3, 0.4) is 0 Å². The summed E-state index contributed by atoms with van der Waals surface area (Å²) in [6.07, 6.45) is 1.51. The predicted octanol–water partition coefficient (Wildman–Crippen LogP) is 3.45. The van der Waals surface area contributed by atoms with Crippen molar-refractivity contribution in [2.24, 2.45) is 0 Å². The van der Waals surface area contributed by atoms with Gasteiger partial charge in [-0.1, -0.05) is 5.92 Å². The second-order valence-corrected chi connectivity index (χ2v) is 8.53. The van der Waals surface area contributed by atoms with Crippen LogP contribution in [0.5, 0.6) is 11.6 Å². The number of ether oxygens (including phenoxy) is 1. The van der Waals surface area contributed by atoms with Crippen LogP contribution in [0.15, 0.2) is 59.5 Å². The molecule has 4 aromatic rings. The molecule has 38 heavy (non-hydrogen) atoms. The molecule has 1 amide bonds. The Morgan fingerprint density at radius 2 is 1.84 bits per heavy atom. The van der Waals surface area contributed by atoms with Crippen LogP contribution in [0.1, 0.15) is 28.4 Å². The summed E-state index contributed by atoms with van der Waals surface area (Å²) in [6.45, 7) is 3.48. The van der Waals surface area contributed by atoms with Crippen molar-refractivity contribution in [1.29, 1.82) is 5.26 Å². The van der Waals surface area contributed by atoms with Crippen LogP contribution in [0.2, 0.25) is 0 Å². The number of amides is 1. The Balaban J connectivity index is 1.35. The number of aromatic amines is 1. The van der Waals surface area contributed by atoms with Gasteiger partial charge in [-0.3, -0.25) is 9.59 Å². The van der Waals surface area contributed by atoms with Gasteiger partial charge in [0.05, 0.1) is 21.9 Å². The van der Waals surface area contributed by atoms with Crippen molar-refractivity contribution in [3.05, 3.63) is 87.6 Å². The number of carbonyl (C=O) groups is 1. The average molecular weight is 509 g/mol. The van der Waals surface area contributed by atoms with E-state index in [4.69, 9.17) is 10.00 Å². The van der Waals surface area contributed by atoms with Gasteiger partial charge in [0.25, 0.3) is 11.5 Å². The fraction of sp³-hybridized carbons (Fsp3) is 0.179. The Bertz CT molecular complexity index is 1690. The van der Waals surface area contributed by atoms with Gasteiger partial charge in [0, 0.05) is 37.9 Å². The molecule has 0 bridgehead atoms. The number of pyridine rings is 1. The van der Waals surface area contributed by atoms with Crippen molar-refractivity contribution < 1.29 is 13.9 Å². The highest BCUT2D eigenvalue weighted by molar-refractivity contribution is 5.95. The van der Waals surface area contributed by atoms with Crippen molar-refractivity contribution in [1.82, 2.24) is 20.1 Å². The molecule has 2 aromatic carbocycles. The number of hydrogen-bond acceptors (Lipinski definition) is 7. The molecule has 10 heteroatoms. The lowest BCUT2D eigenvalue weighted by Gasteiger charge is -2.35. The zero-order valence-electron chi connectivity index (χ0n) is 20.4. The Hall–Kier alpha value is -5.22. The lowest BCUT2D eigenvalue weighted by atomic mass is 10.1. The molecule has 0 atom stereocenters. The summed E-state index contributed by atoms with van der Waals surface area (Å²) in [5.41, 5.74) is 0.648. The number of carbonyl (C=O) groups excluding carboxylic acids is 1. The first-order chi connectivity index (χ1) is 18.5. The Labute approximate surface area is 217 Å². The zero-order valence-corrected chi connectivity index (χ0v) is 20.4. The molecule has 1 N–H and O–H groups in total. The van der Waals surface area contributed by atoms with Gasteiger partial charge in [0.2, 0.25) is 5.88 Å². The fourth-order valence-corrected chi connectivity index (χ4v) is 4.23. The van der Waals surface area contributed by atoms with Crippen molar-refractivity contribution >= 4 is 22.5 Å². The molecule has 1 aliphatic heterocycles. The molecule has 0 aliphatic carbocycles. The number of aromatic nitrogens is 3. The molecule has 0 radical (unpaired) electrons. The Morgan fingerprint density at radius 1 is 1.05 bits per heavy atom. The minimum Gasteiger partial charge on any atom is -0.437 e. The standard InChI is InChI=1S/C28H21FN6O3/c1-2-3-18-4-7-21-22(14-18)27(33-32-26(21)36)38-20-6-8-24(29)23(15-20)28(37)35-12-10-34(11-13-35)25-9-5-19(16-30)17-31-25/h4-9,14-15,17H,10-13H2,1H3,(H,32,36). The largest absolute Gasteiger partial charge is 0.437 e. The smallest absolute Gasteiger partial charge is 0.272 e. The number of fused-ring (bicyclic) bond motifs is 1. The summed E-state index contributed by atoms with van der Waals surface area (Å²) in [5.74, 6) is 5.63. The van der Waals surface area contributed by atoms with Gasteiger partial charge in [0.15, 0.2) is 0 Å². The highest BCUT2D eigenvalue weighted by atomic mass is 19.1. The van der Waals surface area contributed by atoms with Gasteiger partial charge < -0.3 is 14.5 Å². The normalized spacial score (nSPS) is 13.0. The molecule has 3 heterocycles. The third-order valence-corrected chi connectivity index (χ3v) is 6.17. The van der Waals surface area contributed by atoms with Crippen molar-refractivity contribution in [2.45, 2.75) is 6.92 Å². The van der Waals surface area contributed by atoms with E-state index in [1.807, 2.05) is 11.0 Å². The van der Waals surface area contributed by atoms with Gasteiger partial charge in [-0.15, -0.1) is 11.0 Å². The van der Waals surface area contributed by atoms with E-state index in [2.05, 4.69) is 27.0 Å². The average Bonchev–Trinajstić information content (AvgIpc) is 2.95. The van der Waals surface area contributed by atoms with Gasteiger partial charge in [0.1, 0.15) is 23.5 Å². The summed E-state index contributed by atoms with van der Waals surface area (Å²) in [7, 11) is 0. The summed E-state index contributed by atoms with van der Waals surface area (Å²) >= 11 is 0. The number of H-pyrrole nitrogens is 1. The number of hydrogen-bond donors (Lipinski definition) is 1. The monoisotopic (exact) mass is 508 g/mol. The number of nitrogens with zero attached hydrogens (tertiary/aromatic N) is 5. The lowest BCUT2D eigenvalue weighted by Crippen LogP contribution is -2.49. The molecular formula is C28H21FN6O3. The first kappa shape index (κ1) is 24.5. The van der Waals surface area contributed by atoms with E-state index < -0.39 is 11.7 Å². The van der Waals surface area contributed by atoms with Crippen LogP contribution in [-0.4, -0.2) is 52.2 Å². The maximum absolute atomic E-state index is 14.7. The third-order valence-electron chi connectivity index (χ3n) is 6.17. The summed E-state index contributed by atoms with van der Waals surface area (Å²) in [4.78, 5) is 33.3. The quantitative estimate of drug-likeness (QED) is 0.420. The maximum atomic E-state index is 14.7. The molecule has 188 valence electrons. The van der Waals surface area contributed by atoms with E-state index in [0.717, 1.165) is 0 Å². The molecule has 1 saturated heterocycles. The molecule has 5 rings (SSSR count). The van der Waals surface area contributed by atoms with Crippen molar-refractivity contribution in [3.8, 4) is 29.5 Å². The number of benzene rings is 2. The van der Waals surface area contributed by atoms with Crippen LogP contribution in [0.4, 0.5) is 10.2 Å². The van der Waals surface area contributed by atoms with Crippen molar-refractivity contribution in [2.75, 3.05) is 31.1 Å². The molecule has 0 saturated carbocycles. The second kappa shape index (κ2) is 10.4. The minimum absolute atomic E-state index is 0.105. The Kier molecular flexibility index (Phi) is 6.70. The van der Waals surface area contributed by atoms with E-state index >= 15 is 0 Å². The highest BCUT2D eigenvalue weighted by Crippen LogP contribution is 2.28. The zero-order chi connectivity index (χ0) is 26.6. The first-order valence-corrected chi connectivity index (χ1v) is 11.8. The highest BCUT2D eigenvalue weighted by Gasteiger charge is 2.25. The second-order valence-electron chi connectivity index (χ2n) is 8.53. The van der Waals surface area contributed by atoms with E-state index in [1.54, 1.807) is 42.2 Å². The summed E-state index contributed by atoms with van der Waals surface area (Å²) in [5, 5.41) is 16.2. The summed E-state index contributed by atoms with van der Waals surface area (Å²) < 4.78 is 20.6. The Morgan fingerprint density at radius 3 is 2.55 bits per heavy atom. The number of anilines is 1. The molecule has 1 fully saturated rings. The van der Waals surface area contributed by atoms with Crippen molar-refractivity contribution in [3.63, 3.8) is 0 Å². The number of nitrogens with one attached hydrogen (secondary N) is 1. The predicted molar refractivity (Wildman–Crippen MR) is 138 cm³/mol. The number of piperazine rings is 1. The van der Waals surface area contributed by atoms with Crippen LogP contribution in [0, 0.1) is 29.0 Å². The fourth-order valence-electron chi connectivity index (χ4n) is 4.23. The maximum Gasteiger partial charge on any atom is 0.272 e. The number of nitriles is 1. The van der Waals surface area contributed by atoms with E-state index in [-0.39, 0.29) is 22.8 Å². The van der Waals surface area contributed by atoms with Crippen LogP contribution < -0.4 is 15.2 Å². The van der Waals surface area contributed by atoms with E-state index in [9.17, 15) is 14.0 Å². The minimum atomic E-state index is -0.668. The SMILES string of the molecule is CC#Cc1ccc2c(=O)[nH]nc(Oc3ccc(F)c(C(=O)N4CCN(c5ccc(C#N)cn5)CC4)c3)c2c1. The molecule has 2 aromatic heterocycles. The molecule has 9 nitrogen and oxygen atoms in total. The van der Waals surface area contributed by atoms with Gasteiger partial charge in [-0.05, 0) is 55.5 Å². The molecule has 0 unspecified atom stereocenters. The van der Waals surface area contributed by atoms with Gasteiger partial charge in [-0.2, -0.15) is 5.26 Å².